The van der Waals surface area contributed by atoms with Gasteiger partial charge in [-0.15, -0.1) is 0 Å². The van der Waals surface area contributed by atoms with Gasteiger partial charge in [0, 0.05) is 18.8 Å². The molecule has 0 bridgehead atoms. The predicted molar refractivity (Wildman–Crippen MR) is 69.7 cm³/mol. The molecule has 1 rings (SSSR count). The first-order valence-electron chi connectivity index (χ1n) is 5.55. The Bertz CT molecular complexity index is 363. The van der Waals surface area contributed by atoms with Crippen LogP contribution in [0.4, 0.5) is 0 Å². The van der Waals surface area contributed by atoms with E-state index in [1.54, 1.807) is 0 Å². The number of allylic oxidation sites excluding steroid dienone is 1. The van der Waals surface area contributed by atoms with Crippen LogP contribution in [0.15, 0.2) is 48.8 Å². The maximum absolute atomic E-state index is 5.37. The number of benzene rings is 1. The summed E-state index contributed by atoms with van der Waals surface area (Å²) in [7, 11) is 0. The molecule has 0 heterocycles. The van der Waals surface area contributed by atoms with Crippen molar-refractivity contribution < 1.29 is 0 Å². The lowest BCUT2D eigenvalue weighted by molar-refractivity contribution is 0.368. The Labute approximate surface area is 98.1 Å². The molecular weight excluding hydrogens is 196 g/mol. The molecule has 86 valence electrons. The Hall–Kier alpha value is -1.70. The van der Waals surface area contributed by atoms with Crippen LogP contribution < -0.4 is 5.73 Å². The van der Waals surface area contributed by atoms with Gasteiger partial charge >= 0.3 is 0 Å². The average Bonchev–Trinajstić information content (AvgIpc) is 2.28. The molecule has 1 aromatic rings. The highest BCUT2D eigenvalue weighted by molar-refractivity contribution is 5.22. The van der Waals surface area contributed by atoms with Gasteiger partial charge in [-0.25, -0.2) is 0 Å². The summed E-state index contributed by atoms with van der Waals surface area (Å²) in [5.41, 5.74) is 8.89. The van der Waals surface area contributed by atoms with Crippen LogP contribution in [0.25, 0.3) is 0 Å². The summed E-state index contributed by atoms with van der Waals surface area (Å²) in [6.07, 6.45) is 3.36. The summed E-state index contributed by atoms with van der Waals surface area (Å²) in [5.74, 6) is 0. The zero-order valence-corrected chi connectivity index (χ0v) is 10.1. The molecule has 0 aliphatic heterocycles. The Morgan fingerprint density at radius 1 is 1.38 bits per heavy atom. The molecule has 0 saturated carbocycles. The van der Waals surface area contributed by atoms with Crippen molar-refractivity contribution >= 4 is 0 Å². The van der Waals surface area contributed by atoms with E-state index in [9.17, 15) is 0 Å². The van der Waals surface area contributed by atoms with Gasteiger partial charge in [-0.2, -0.15) is 0 Å². The number of nitrogens with two attached hydrogens (primary N) is 1. The van der Waals surface area contributed by atoms with Crippen LogP contribution in [0.1, 0.15) is 18.1 Å². The Balaban J connectivity index is 2.70. The molecule has 0 atom stereocenters. The molecule has 0 aromatic heterocycles. The van der Waals surface area contributed by atoms with Crippen LogP contribution >= 0.6 is 0 Å². The van der Waals surface area contributed by atoms with Crippen molar-refractivity contribution in [1.82, 2.24) is 4.90 Å². The van der Waals surface area contributed by atoms with E-state index >= 15 is 0 Å². The highest BCUT2D eigenvalue weighted by Gasteiger charge is 2.03. The minimum Gasteiger partial charge on any atom is -0.405 e. The van der Waals surface area contributed by atoms with E-state index in [1.165, 1.54) is 17.3 Å². The zero-order chi connectivity index (χ0) is 12.0. The Morgan fingerprint density at radius 2 is 2.00 bits per heavy atom. The molecule has 0 spiro atoms. The van der Waals surface area contributed by atoms with Gasteiger partial charge in [0.1, 0.15) is 0 Å². The van der Waals surface area contributed by atoms with Crippen LogP contribution in [-0.4, -0.2) is 11.4 Å². The summed E-state index contributed by atoms with van der Waals surface area (Å²) in [6, 6.07) is 8.56. The maximum Gasteiger partial charge on any atom is 0.0429 e. The second-order valence-electron chi connectivity index (χ2n) is 3.85. The SMILES string of the molecule is C=C(/C=C/N)N(CC)Cc1ccc(C)cc1. The van der Waals surface area contributed by atoms with Gasteiger partial charge in [0.05, 0.1) is 0 Å². The van der Waals surface area contributed by atoms with Crippen molar-refractivity contribution in [2.24, 2.45) is 5.73 Å². The van der Waals surface area contributed by atoms with Gasteiger partial charge in [-0.3, -0.25) is 0 Å². The quantitative estimate of drug-likeness (QED) is 0.767. The second kappa shape index (κ2) is 6.01. The summed E-state index contributed by atoms with van der Waals surface area (Å²) < 4.78 is 0. The van der Waals surface area contributed by atoms with Crippen molar-refractivity contribution in [3.8, 4) is 0 Å². The fourth-order valence-corrected chi connectivity index (χ4v) is 1.55. The molecule has 0 saturated heterocycles. The largest absolute Gasteiger partial charge is 0.405 e. The average molecular weight is 216 g/mol. The van der Waals surface area contributed by atoms with Gasteiger partial charge < -0.3 is 10.6 Å². The first-order valence-corrected chi connectivity index (χ1v) is 5.55. The highest BCUT2D eigenvalue weighted by atomic mass is 15.1. The normalized spacial score (nSPS) is 10.6. The molecule has 0 aliphatic carbocycles. The third-order valence-electron chi connectivity index (χ3n) is 2.57. The van der Waals surface area contributed by atoms with E-state index in [4.69, 9.17) is 5.73 Å². The summed E-state index contributed by atoms with van der Waals surface area (Å²) >= 11 is 0. The van der Waals surface area contributed by atoms with Crippen LogP contribution in [-0.2, 0) is 6.54 Å². The molecule has 0 radical (unpaired) electrons. The first kappa shape index (κ1) is 12.4. The predicted octanol–water partition coefficient (Wildman–Crippen LogP) is 2.80. The lowest BCUT2D eigenvalue weighted by Crippen LogP contribution is -2.20. The molecular formula is C14H20N2. The molecule has 0 aliphatic rings. The van der Waals surface area contributed by atoms with Gasteiger partial charge in [-0.1, -0.05) is 36.4 Å². The van der Waals surface area contributed by atoms with Crippen LogP contribution in [0, 0.1) is 6.92 Å². The number of hydrogen-bond donors (Lipinski definition) is 1. The standard InChI is InChI=1S/C14H20N2/c1-4-16(13(3)9-10-15)11-14-7-5-12(2)6-8-14/h5-10H,3-4,11,15H2,1-2H3/b10-9+. The molecule has 16 heavy (non-hydrogen) atoms. The zero-order valence-electron chi connectivity index (χ0n) is 10.1. The maximum atomic E-state index is 5.37. The number of nitrogens with zero attached hydrogens (tertiary/aromatic N) is 1. The van der Waals surface area contributed by atoms with E-state index < -0.39 is 0 Å². The molecule has 0 fully saturated rings. The molecule has 2 heteroatoms. The molecule has 0 unspecified atom stereocenters. The minimum absolute atomic E-state index is 0.875. The topological polar surface area (TPSA) is 29.3 Å². The second-order valence-corrected chi connectivity index (χ2v) is 3.85. The Kier molecular flexibility index (Phi) is 4.65. The number of aryl methyl sites for hydroxylation is 1. The van der Waals surface area contributed by atoms with E-state index in [0.29, 0.717) is 0 Å². The lowest BCUT2D eigenvalue weighted by atomic mass is 10.1. The van der Waals surface area contributed by atoms with Gasteiger partial charge in [0.2, 0.25) is 0 Å². The van der Waals surface area contributed by atoms with Gasteiger partial charge in [-0.05, 0) is 31.7 Å². The monoisotopic (exact) mass is 216 g/mol. The van der Waals surface area contributed by atoms with E-state index in [2.05, 4.69) is 49.6 Å². The fourth-order valence-electron chi connectivity index (χ4n) is 1.55. The third-order valence-corrected chi connectivity index (χ3v) is 2.57. The summed E-state index contributed by atoms with van der Waals surface area (Å²) in [5, 5.41) is 0. The van der Waals surface area contributed by atoms with Crippen molar-refractivity contribution in [2.75, 3.05) is 6.54 Å². The molecule has 2 nitrogen and oxygen atoms in total. The van der Waals surface area contributed by atoms with Crippen molar-refractivity contribution in [1.29, 1.82) is 0 Å². The van der Waals surface area contributed by atoms with Crippen molar-refractivity contribution in [2.45, 2.75) is 20.4 Å². The van der Waals surface area contributed by atoms with E-state index in [0.717, 1.165) is 18.8 Å². The summed E-state index contributed by atoms with van der Waals surface area (Å²) in [6.45, 7) is 10.0. The lowest BCUT2D eigenvalue weighted by Gasteiger charge is -2.23. The number of likely N-dealkylation sites (N-methyl/N-ethyl adjacent to an activating group) is 1. The molecule has 1 aromatic carbocycles. The first-order chi connectivity index (χ1) is 7.67. The van der Waals surface area contributed by atoms with Crippen LogP contribution in [0.5, 0.6) is 0 Å². The van der Waals surface area contributed by atoms with Gasteiger partial charge in [0.25, 0.3) is 0 Å². The van der Waals surface area contributed by atoms with Crippen molar-refractivity contribution in [3.05, 3.63) is 59.9 Å². The van der Waals surface area contributed by atoms with E-state index in [1.807, 2.05) is 6.08 Å². The fraction of sp³-hybridized carbons (Fsp3) is 0.286. The van der Waals surface area contributed by atoms with E-state index in [-0.39, 0.29) is 0 Å². The minimum atomic E-state index is 0.875. The van der Waals surface area contributed by atoms with Crippen LogP contribution in [0.2, 0.25) is 0 Å². The Morgan fingerprint density at radius 3 is 2.50 bits per heavy atom. The third kappa shape index (κ3) is 3.46. The van der Waals surface area contributed by atoms with Crippen LogP contribution in [0.3, 0.4) is 0 Å². The highest BCUT2D eigenvalue weighted by Crippen LogP contribution is 2.11. The molecule has 2 N–H and O–H groups in total. The smallest absolute Gasteiger partial charge is 0.0429 e. The summed E-state index contributed by atoms with van der Waals surface area (Å²) in [4.78, 5) is 2.19. The number of rotatable bonds is 5. The van der Waals surface area contributed by atoms with Gasteiger partial charge in [0.15, 0.2) is 0 Å². The molecule has 0 amide bonds. The number of hydrogen-bond acceptors (Lipinski definition) is 2. The van der Waals surface area contributed by atoms with Crippen molar-refractivity contribution in [3.63, 3.8) is 0 Å².